The summed E-state index contributed by atoms with van der Waals surface area (Å²) in [6, 6.07) is 17.8. The molecule has 4 unspecified atom stereocenters. The summed E-state index contributed by atoms with van der Waals surface area (Å²) < 4.78 is 51.3. The number of ether oxygens (including phenoxy) is 2. The molecular formula is C37H30F3N3O7S2. The van der Waals surface area contributed by atoms with Crippen molar-refractivity contribution in [1.29, 1.82) is 0 Å². The Morgan fingerprint density at radius 3 is 2.37 bits per heavy atom. The number of carbonyl (C=O) groups excluding carboxylic acids is 4. The first-order chi connectivity index (χ1) is 24.9. The molecule has 0 radical (unpaired) electrons. The number of nitrogens with one attached hydrogen (secondary N) is 2. The number of fused-ring (bicyclic) bond motifs is 9. The van der Waals surface area contributed by atoms with E-state index in [-0.39, 0.29) is 52.7 Å². The standard InChI is InChI=1S/C37H30F3N3O7S2/c1-2-49-35(47)18-6-10-20(11-7-18)41-25(44)16-50-22-12-8-17(9-13-22)26-27-23-15-24(30(27)51-32-31(26)52-36(48)42-32)29-28(23)33(45)43(34(29)46)21-5-3-4-19(14-21)37(38,39)40/h3-14,23-24,26-30H,2,15-16H2,1H3,(H,41,44)(H,42,48)/t23-,24-,26-,27?,28?,29?,30?/m1/s1. The lowest BCUT2D eigenvalue weighted by Gasteiger charge is -2.43. The highest BCUT2D eigenvalue weighted by Gasteiger charge is 2.69. The van der Waals surface area contributed by atoms with Gasteiger partial charge in [0.05, 0.1) is 40.3 Å². The zero-order valence-corrected chi connectivity index (χ0v) is 29.0. The maximum atomic E-state index is 14.0. The molecule has 2 aliphatic carbocycles. The molecule has 4 aliphatic rings. The number of H-pyrrole nitrogens is 1. The van der Waals surface area contributed by atoms with E-state index >= 15 is 0 Å². The number of rotatable bonds is 8. The molecule has 3 aromatic carbocycles. The Morgan fingerprint density at radius 1 is 0.962 bits per heavy atom. The van der Waals surface area contributed by atoms with E-state index in [1.54, 1.807) is 43.3 Å². The van der Waals surface area contributed by atoms with Crippen LogP contribution in [0.3, 0.4) is 0 Å². The fourth-order valence-corrected chi connectivity index (χ4v) is 11.4. The SMILES string of the molecule is CCOC(=O)c1ccc(NC(=O)COc2ccc([C@H]3c4sc(=O)[nH]c4SC4C3[C@H]3C[C@@H]4C4C(=O)N(c5cccc(C(F)(F)F)c5)C(=O)C43)cc2)cc1. The zero-order chi connectivity index (χ0) is 36.5. The van der Waals surface area contributed by atoms with Crippen molar-refractivity contribution in [3.8, 4) is 5.75 Å². The third kappa shape index (κ3) is 5.79. The quantitative estimate of drug-likeness (QED) is 0.158. The van der Waals surface area contributed by atoms with Gasteiger partial charge in [0.15, 0.2) is 6.61 Å². The highest BCUT2D eigenvalue weighted by atomic mass is 32.2. The molecule has 1 saturated heterocycles. The number of hydrogen-bond acceptors (Lipinski definition) is 9. The molecule has 2 saturated carbocycles. The second-order valence-electron chi connectivity index (χ2n) is 13.2. The van der Waals surface area contributed by atoms with Crippen LogP contribution in [0.5, 0.6) is 5.75 Å². The molecule has 1 aromatic heterocycles. The molecular weight excluding hydrogens is 720 g/mol. The van der Waals surface area contributed by atoms with Crippen molar-refractivity contribution in [3.63, 3.8) is 0 Å². The van der Waals surface area contributed by atoms with Gasteiger partial charge in [-0.15, -0.1) is 11.8 Å². The number of imide groups is 1. The Bertz CT molecular complexity index is 2150. The largest absolute Gasteiger partial charge is 0.484 e. The number of anilines is 2. The Hall–Kier alpha value is -4.89. The van der Waals surface area contributed by atoms with Gasteiger partial charge in [0.2, 0.25) is 11.8 Å². The molecule has 3 amide bonds. The Morgan fingerprint density at radius 2 is 1.67 bits per heavy atom. The van der Waals surface area contributed by atoms with E-state index in [9.17, 15) is 37.1 Å². The summed E-state index contributed by atoms with van der Waals surface area (Å²) in [6.45, 7) is 1.69. The molecule has 3 heterocycles. The maximum Gasteiger partial charge on any atom is 0.416 e. The second-order valence-corrected chi connectivity index (χ2v) is 15.4. The molecule has 7 atom stereocenters. The summed E-state index contributed by atoms with van der Waals surface area (Å²) >= 11 is 2.63. The third-order valence-electron chi connectivity index (χ3n) is 10.4. The summed E-state index contributed by atoms with van der Waals surface area (Å²) in [6.07, 6.45) is -4.00. The average Bonchev–Trinajstić information content (AvgIpc) is 3.86. The maximum absolute atomic E-state index is 14.0. The molecule has 8 rings (SSSR count). The smallest absolute Gasteiger partial charge is 0.416 e. The summed E-state index contributed by atoms with van der Waals surface area (Å²) in [7, 11) is 0. The highest BCUT2D eigenvalue weighted by molar-refractivity contribution is 8.00. The third-order valence-corrected chi connectivity index (χ3v) is 13.0. The fourth-order valence-electron chi connectivity index (χ4n) is 8.49. The number of alkyl halides is 3. The molecule has 2 aliphatic heterocycles. The minimum Gasteiger partial charge on any atom is -0.484 e. The van der Waals surface area contributed by atoms with Crippen molar-refractivity contribution in [2.24, 2.45) is 29.6 Å². The Balaban J connectivity index is 1.00. The number of carbonyl (C=O) groups is 4. The van der Waals surface area contributed by atoms with Gasteiger partial charge in [-0.1, -0.05) is 29.5 Å². The van der Waals surface area contributed by atoms with Crippen molar-refractivity contribution < 1.29 is 41.8 Å². The Labute approximate surface area is 302 Å². The van der Waals surface area contributed by atoms with Crippen molar-refractivity contribution in [1.82, 2.24) is 4.98 Å². The van der Waals surface area contributed by atoms with Crippen molar-refractivity contribution in [3.05, 3.63) is 104 Å². The van der Waals surface area contributed by atoms with E-state index in [1.165, 1.54) is 23.9 Å². The molecule has 15 heteroatoms. The monoisotopic (exact) mass is 749 g/mol. The van der Waals surface area contributed by atoms with Gasteiger partial charge < -0.3 is 19.8 Å². The summed E-state index contributed by atoms with van der Waals surface area (Å²) in [5.41, 5.74) is 0.713. The lowest BCUT2D eigenvalue weighted by atomic mass is 9.68. The number of aromatic amines is 1. The lowest BCUT2D eigenvalue weighted by molar-refractivity contribution is -0.137. The van der Waals surface area contributed by atoms with E-state index in [4.69, 9.17) is 9.47 Å². The Kier molecular flexibility index (Phi) is 8.52. The molecule has 3 fully saturated rings. The van der Waals surface area contributed by atoms with Gasteiger partial charge >= 0.3 is 17.0 Å². The van der Waals surface area contributed by atoms with Crippen LogP contribution in [0, 0.1) is 29.6 Å². The molecule has 2 bridgehead atoms. The predicted molar refractivity (Wildman–Crippen MR) is 185 cm³/mol. The number of esters is 1. The first kappa shape index (κ1) is 34.2. The van der Waals surface area contributed by atoms with Gasteiger partial charge in [0, 0.05) is 21.7 Å². The van der Waals surface area contributed by atoms with Gasteiger partial charge in [0.25, 0.3) is 5.91 Å². The topological polar surface area (TPSA) is 135 Å². The predicted octanol–water partition coefficient (Wildman–Crippen LogP) is 6.33. The number of benzene rings is 3. The van der Waals surface area contributed by atoms with Crippen molar-refractivity contribution in [2.75, 3.05) is 23.4 Å². The van der Waals surface area contributed by atoms with Gasteiger partial charge in [-0.05, 0) is 91.3 Å². The minimum absolute atomic E-state index is 0.0783. The first-order valence-electron chi connectivity index (χ1n) is 16.7. The number of nitrogens with zero attached hydrogens (tertiary/aromatic N) is 1. The summed E-state index contributed by atoms with van der Waals surface area (Å²) in [5.74, 6) is -3.50. The normalized spacial score (nSPS) is 25.8. The number of aromatic nitrogens is 1. The molecule has 4 aromatic rings. The summed E-state index contributed by atoms with van der Waals surface area (Å²) in [4.78, 5) is 69.4. The van der Waals surface area contributed by atoms with Crippen molar-refractivity contribution in [2.45, 2.75) is 35.7 Å². The van der Waals surface area contributed by atoms with E-state index in [0.29, 0.717) is 23.4 Å². The molecule has 10 nitrogen and oxygen atoms in total. The average molecular weight is 750 g/mol. The van der Waals surface area contributed by atoms with Gasteiger partial charge in [-0.3, -0.25) is 24.1 Å². The number of amides is 3. The number of hydrogen-bond donors (Lipinski definition) is 2. The van der Waals surface area contributed by atoms with Crippen LogP contribution in [-0.2, 0) is 25.3 Å². The van der Waals surface area contributed by atoms with Crippen LogP contribution in [0.15, 0.2) is 82.6 Å². The van der Waals surface area contributed by atoms with E-state index in [1.807, 2.05) is 12.1 Å². The van der Waals surface area contributed by atoms with Crippen LogP contribution in [-0.4, -0.2) is 47.1 Å². The lowest BCUT2D eigenvalue weighted by Crippen LogP contribution is -2.42. The fraction of sp³-hybridized carbons (Fsp3) is 0.324. The van der Waals surface area contributed by atoms with E-state index in [0.717, 1.165) is 43.8 Å². The van der Waals surface area contributed by atoms with Crippen LogP contribution in [0.4, 0.5) is 24.5 Å². The molecule has 0 spiro atoms. The van der Waals surface area contributed by atoms with E-state index < -0.39 is 47.3 Å². The van der Waals surface area contributed by atoms with Gasteiger partial charge in [-0.2, -0.15) is 13.2 Å². The van der Waals surface area contributed by atoms with Crippen LogP contribution in [0.1, 0.15) is 45.6 Å². The molecule has 52 heavy (non-hydrogen) atoms. The van der Waals surface area contributed by atoms with Crippen LogP contribution in [0.2, 0.25) is 0 Å². The first-order valence-corrected chi connectivity index (χ1v) is 18.4. The molecule has 268 valence electrons. The van der Waals surface area contributed by atoms with Crippen LogP contribution in [0.25, 0.3) is 0 Å². The van der Waals surface area contributed by atoms with E-state index in [2.05, 4.69) is 10.3 Å². The summed E-state index contributed by atoms with van der Waals surface area (Å²) in [5, 5.41) is 3.35. The van der Waals surface area contributed by atoms with Gasteiger partial charge in [-0.25, -0.2) is 4.79 Å². The van der Waals surface area contributed by atoms with Crippen LogP contribution >= 0.6 is 23.1 Å². The van der Waals surface area contributed by atoms with Crippen LogP contribution < -0.4 is 19.8 Å². The zero-order valence-electron chi connectivity index (χ0n) is 27.3. The minimum atomic E-state index is -4.63. The second kappa shape index (κ2) is 13.0. The number of thioether (sulfide) groups is 1. The number of halogens is 3. The highest BCUT2D eigenvalue weighted by Crippen LogP contribution is 2.68. The van der Waals surface area contributed by atoms with Crippen molar-refractivity contribution >= 4 is 58.2 Å². The number of thiazole rings is 1. The van der Waals surface area contributed by atoms with Gasteiger partial charge in [0.1, 0.15) is 5.75 Å². The molecule has 2 N–H and O–H groups in total.